The number of carbonyl (C=O) groups is 1. The molecule has 1 amide bonds. The summed E-state index contributed by atoms with van der Waals surface area (Å²) in [6.45, 7) is 6.75. The Morgan fingerprint density at radius 3 is 2.66 bits per heavy atom. The molecule has 0 aliphatic rings. The Labute approximate surface area is 191 Å². The lowest BCUT2D eigenvalue weighted by Crippen LogP contribution is -2.14. The van der Waals surface area contributed by atoms with Crippen LogP contribution in [0, 0.1) is 20.8 Å². The summed E-state index contributed by atoms with van der Waals surface area (Å²) in [7, 11) is 0. The van der Waals surface area contributed by atoms with Crippen molar-refractivity contribution in [1.29, 1.82) is 0 Å². The molecule has 4 rings (SSSR count). The normalized spacial score (nSPS) is 10.9. The summed E-state index contributed by atoms with van der Waals surface area (Å²) < 4.78 is 9.29. The molecule has 4 aromatic rings. The second-order valence-corrected chi connectivity index (χ2v) is 8.10. The average molecular weight is 450 g/mol. The van der Waals surface area contributed by atoms with Gasteiger partial charge in [-0.15, -0.1) is 0 Å². The van der Waals surface area contributed by atoms with E-state index in [1.54, 1.807) is 23.0 Å². The molecule has 1 N–H and O–H groups in total. The number of halogens is 1. The quantitative estimate of drug-likeness (QED) is 0.431. The molecule has 0 aliphatic carbocycles. The Hall–Kier alpha value is -3.58. The van der Waals surface area contributed by atoms with E-state index in [0.29, 0.717) is 22.9 Å². The van der Waals surface area contributed by atoms with Gasteiger partial charge in [0.05, 0.1) is 12.2 Å². The van der Waals surface area contributed by atoms with E-state index in [9.17, 15) is 4.79 Å². The number of nitrogens with one attached hydrogen (secondary N) is 1. The first kappa shape index (κ1) is 21.6. The van der Waals surface area contributed by atoms with Crippen LogP contribution in [0.5, 0.6) is 5.75 Å². The van der Waals surface area contributed by atoms with Gasteiger partial charge < -0.3 is 10.1 Å². The summed E-state index contributed by atoms with van der Waals surface area (Å²) in [5.41, 5.74) is 5.08. The van der Waals surface area contributed by atoms with Crippen molar-refractivity contribution in [2.24, 2.45) is 0 Å². The molecule has 0 spiro atoms. The molecular weight excluding hydrogens is 426 g/mol. The lowest BCUT2D eigenvalue weighted by Gasteiger charge is -2.09. The van der Waals surface area contributed by atoms with Crippen LogP contribution in [0.2, 0.25) is 5.02 Å². The SMILES string of the molecule is Cc1cc(C)n(Cc2cccc(NC(=O)c3ccn(COc4ccc(Cl)cc4C)n3)c2)n1. The van der Waals surface area contributed by atoms with Crippen LogP contribution in [0.25, 0.3) is 0 Å². The van der Waals surface area contributed by atoms with Gasteiger partial charge in [-0.3, -0.25) is 9.48 Å². The Bertz CT molecular complexity index is 1260. The largest absolute Gasteiger partial charge is 0.471 e. The lowest BCUT2D eigenvalue weighted by atomic mass is 10.2. The van der Waals surface area contributed by atoms with Crippen molar-refractivity contribution in [2.45, 2.75) is 34.0 Å². The molecule has 2 heterocycles. The maximum absolute atomic E-state index is 12.7. The summed E-state index contributed by atoms with van der Waals surface area (Å²) in [6, 6.07) is 16.8. The van der Waals surface area contributed by atoms with E-state index >= 15 is 0 Å². The maximum atomic E-state index is 12.7. The number of rotatable bonds is 7. The zero-order valence-electron chi connectivity index (χ0n) is 18.2. The van der Waals surface area contributed by atoms with Crippen LogP contribution < -0.4 is 10.1 Å². The summed E-state index contributed by atoms with van der Waals surface area (Å²) in [4.78, 5) is 12.7. The number of hydrogen-bond donors (Lipinski definition) is 1. The zero-order valence-corrected chi connectivity index (χ0v) is 18.9. The molecule has 7 nitrogen and oxygen atoms in total. The van der Waals surface area contributed by atoms with Crippen LogP contribution in [-0.4, -0.2) is 25.5 Å². The molecule has 2 aromatic carbocycles. The van der Waals surface area contributed by atoms with Gasteiger partial charge >= 0.3 is 0 Å². The van der Waals surface area contributed by atoms with Crippen molar-refractivity contribution < 1.29 is 9.53 Å². The standard InChI is InChI=1S/C24H24ClN5O2/c1-16-11-20(25)7-8-23(16)32-15-29-10-9-22(28-29)24(31)26-21-6-4-5-19(13-21)14-30-18(3)12-17(2)27-30/h4-13H,14-15H2,1-3H3,(H,26,31). The van der Waals surface area contributed by atoms with E-state index in [1.165, 1.54) is 0 Å². The summed E-state index contributed by atoms with van der Waals surface area (Å²) in [5, 5.41) is 12.4. The predicted octanol–water partition coefficient (Wildman–Crippen LogP) is 5.00. The van der Waals surface area contributed by atoms with Crippen LogP contribution in [0.1, 0.15) is 33.0 Å². The number of aryl methyl sites for hydroxylation is 3. The molecule has 0 aliphatic heterocycles. The third-order valence-electron chi connectivity index (χ3n) is 4.98. The highest BCUT2D eigenvalue weighted by Gasteiger charge is 2.11. The second-order valence-electron chi connectivity index (χ2n) is 7.66. The van der Waals surface area contributed by atoms with Gasteiger partial charge in [-0.05, 0) is 74.4 Å². The highest BCUT2D eigenvalue weighted by molar-refractivity contribution is 6.30. The molecule has 0 saturated carbocycles. The van der Waals surface area contributed by atoms with E-state index in [-0.39, 0.29) is 12.6 Å². The Kier molecular flexibility index (Phi) is 6.28. The number of carbonyl (C=O) groups excluding carboxylic acids is 1. The molecule has 0 bridgehead atoms. The predicted molar refractivity (Wildman–Crippen MR) is 124 cm³/mol. The van der Waals surface area contributed by atoms with Crippen molar-refractivity contribution in [2.75, 3.05) is 5.32 Å². The van der Waals surface area contributed by atoms with Crippen molar-refractivity contribution in [3.05, 3.63) is 94.0 Å². The number of nitrogens with zero attached hydrogens (tertiary/aromatic N) is 4. The van der Waals surface area contributed by atoms with Gasteiger partial charge in [-0.2, -0.15) is 10.2 Å². The van der Waals surface area contributed by atoms with Gasteiger partial charge in [-0.25, -0.2) is 4.68 Å². The third kappa shape index (κ3) is 5.18. The summed E-state index contributed by atoms with van der Waals surface area (Å²) in [6.07, 6.45) is 1.71. The van der Waals surface area contributed by atoms with Gasteiger partial charge in [-0.1, -0.05) is 23.7 Å². The van der Waals surface area contributed by atoms with Crippen molar-refractivity contribution in [3.63, 3.8) is 0 Å². The monoisotopic (exact) mass is 449 g/mol. The molecule has 32 heavy (non-hydrogen) atoms. The number of anilines is 1. The Morgan fingerprint density at radius 2 is 1.91 bits per heavy atom. The number of ether oxygens (including phenoxy) is 1. The van der Waals surface area contributed by atoms with Gasteiger partial charge in [0.1, 0.15) is 5.75 Å². The number of amides is 1. The van der Waals surface area contributed by atoms with Crippen LogP contribution >= 0.6 is 11.6 Å². The lowest BCUT2D eigenvalue weighted by molar-refractivity contribution is 0.102. The fourth-order valence-electron chi connectivity index (χ4n) is 3.42. The molecule has 0 saturated heterocycles. The van der Waals surface area contributed by atoms with Crippen molar-refractivity contribution in [1.82, 2.24) is 19.6 Å². The van der Waals surface area contributed by atoms with E-state index in [4.69, 9.17) is 16.3 Å². The first-order valence-electron chi connectivity index (χ1n) is 10.2. The second kappa shape index (κ2) is 9.28. The summed E-state index contributed by atoms with van der Waals surface area (Å²) in [5.74, 6) is 0.435. The Morgan fingerprint density at radius 1 is 1.06 bits per heavy atom. The van der Waals surface area contributed by atoms with Crippen LogP contribution in [0.3, 0.4) is 0 Å². The minimum Gasteiger partial charge on any atom is -0.471 e. The summed E-state index contributed by atoms with van der Waals surface area (Å²) >= 11 is 5.97. The molecule has 0 atom stereocenters. The minimum atomic E-state index is -0.283. The number of benzene rings is 2. The van der Waals surface area contributed by atoms with Crippen molar-refractivity contribution >= 4 is 23.2 Å². The fourth-order valence-corrected chi connectivity index (χ4v) is 3.64. The highest BCUT2D eigenvalue weighted by Crippen LogP contribution is 2.22. The Balaban J connectivity index is 1.38. The number of aromatic nitrogens is 4. The molecule has 8 heteroatoms. The number of hydrogen-bond acceptors (Lipinski definition) is 4. The zero-order chi connectivity index (χ0) is 22.7. The molecule has 2 aromatic heterocycles. The van der Waals surface area contributed by atoms with Gasteiger partial charge in [0.25, 0.3) is 5.91 Å². The minimum absolute atomic E-state index is 0.188. The highest BCUT2D eigenvalue weighted by atomic mass is 35.5. The molecular formula is C24H24ClN5O2. The van der Waals surface area contributed by atoms with E-state index in [2.05, 4.69) is 15.5 Å². The van der Waals surface area contributed by atoms with Gasteiger partial charge in [0, 0.05) is 22.6 Å². The smallest absolute Gasteiger partial charge is 0.276 e. The first-order chi connectivity index (χ1) is 15.4. The van der Waals surface area contributed by atoms with Crippen LogP contribution in [-0.2, 0) is 13.3 Å². The maximum Gasteiger partial charge on any atom is 0.276 e. The molecule has 164 valence electrons. The molecule has 0 fully saturated rings. The van der Waals surface area contributed by atoms with Gasteiger partial charge in [0.15, 0.2) is 12.4 Å². The molecule has 0 radical (unpaired) electrons. The van der Waals surface area contributed by atoms with Crippen LogP contribution in [0.4, 0.5) is 5.69 Å². The van der Waals surface area contributed by atoms with Gasteiger partial charge in [0.2, 0.25) is 0 Å². The van der Waals surface area contributed by atoms with Crippen molar-refractivity contribution in [3.8, 4) is 5.75 Å². The van der Waals surface area contributed by atoms with E-state index in [0.717, 1.165) is 28.3 Å². The first-order valence-corrected chi connectivity index (χ1v) is 10.6. The van der Waals surface area contributed by atoms with Crippen LogP contribution in [0.15, 0.2) is 60.8 Å². The van der Waals surface area contributed by atoms with E-state index < -0.39 is 0 Å². The third-order valence-corrected chi connectivity index (χ3v) is 5.22. The average Bonchev–Trinajstić information content (AvgIpc) is 3.34. The molecule has 0 unspecified atom stereocenters. The topological polar surface area (TPSA) is 74.0 Å². The van der Waals surface area contributed by atoms with E-state index in [1.807, 2.05) is 67.9 Å². The fraction of sp³-hybridized carbons (Fsp3) is 0.208.